The van der Waals surface area contributed by atoms with Crippen molar-refractivity contribution in [3.8, 4) is 11.5 Å². The molecule has 3 rings (SSSR count). The number of nitrogens with zero attached hydrogens (tertiary/aromatic N) is 1. The lowest BCUT2D eigenvalue weighted by Crippen LogP contribution is -2.33. The predicted molar refractivity (Wildman–Crippen MR) is 81.4 cm³/mol. The zero-order chi connectivity index (χ0) is 18.2. The molecule has 136 valence electrons. The molecule has 6 nitrogen and oxygen atoms in total. The van der Waals surface area contributed by atoms with Gasteiger partial charge in [-0.2, -0.15) is 13.2 Å². The second kappa shape index (κ2) is 6.51. The third kappa shape index (κ3) is 3.84. The lowest BCUT2D eigenvalue weighted by Gasteiger charge is -2.29. The van der Waals surface area contributed by atoms with Crippen LogP contribution in [-0.4, -0.2) is 22.3 Å². The van der Waals surface area contributed by atoms with Gasteiger partial charge in [0.15, 0.2) is 0 Å². The molecule has 0 amide bonds. The maximum Gasteiger partial charge on any atom is 0.434 e. The van der Waals surface area contributed by atoms with Gasteiger partial charge in [-0.25, -0.2) is 14.3 Å². The van der Waals surface area contributed by atoms with E-state index in [1.165, 1.54) is 0 Å². The fourth-order valence-corrected chi connectivity index (χ4v) is 2.97. The summed E-state index contributed by atoms with van der Waals surface area (Å²) in [6.45, 7) is 0. The Morgan fingerprint density at radius 1 is 1.24 bits per heavy atom. The van der Waals surface area contributed by atoms with E-state index in [1.54, 1.807) is 0 Å². The third-order valence-electron chi connectivity index (χ3n) is 4.19. The number of rotatable bonds is 3. The molecule has 1 heterocycles. The number of alkyl halides is 3. The highest BCUT2D eigenvalue weighted by Crippen LogP contribution is 2.40. The molecular formula is C15H16F4N4O2. The molecule has 0 radical (unpaired) electrons. The average molecular weight is 360 g/mol. The smallest absolute Gasteiger partial charge is 0.388 e. The highest BCUT2D eigenvalue weighted by molar-refractivity contribution is 5.66. The minimum Gasteiger partial charge on any atom is -0.388 e. The van der Waals surface area contributed by atoms with Gasteiger partial charge in [0.05, 0.1) is 5.69 Å². The lowest BCUT2D eigenvalue weighted by atomic mass is 9.91. The van der Waals surface area contributed by atoms with Crippen molar-refractivity contribution in [1.29, 1.82) is 0 Å². The molecule has 1 aliphatic rings. The van der Waals surface area contributed by atoms with E-state index in [2.05, 4.69) is 10.4 Å². The van der Waals surface area contributed by atoms with Crippen LogP contribution in [0, 0.1) is 5.82 Å². The van der Waals surface area contributed by atoms with E-state index in [1.807, 2.05) is 5.10 Å². The molecule has 1 aliphatic carbocycles. The second-order valence-electron chi connectivity index (χ2n) is 6.05. The molecule has 2 aromatic rings. The molecule has 1 fully saturated rings. The first-order valence-corrected chi connectivity index (χ1v) is 7.73. The summed E-state index contributed by atoms with van der Waals surface area (Å²) in [7, 11) is 0. The fourth-order valence-electron chi connectivity index (χ4n) is 2.97. The average Bonchev–Trinajstić information content (AvgIpc) is 2.94. The Morgan fingerprint density at radius 3 is 2.48 bits per heavy atom. The third-order valence-corrected chi connectivity index (χ3v) is 4.19. The molecule has 1 aromatic heterocycles. The molecular weight excluding hydrogens is 344 g/mol. The van der Waals surface area contributed by atoms with Gasteiger partial charge in [-0.3, -0.25) is 0 Å². The first-order valence-electron chi connectivity index (χ1n) is 7.73. The van der Waals surface area contributed by atoms with Crippen molar-refractivity contribution in [1.82, 2.24) is 10.2 Å². The molecule has 1 saturated carbocycles. The zero-order valence-electron chi connectivity index (χ0n) is 13.0. The van der Waals surface area contributed by atoms with E-state index in [-0.39, 0.29) is 23.5 Å². The summed E-state index contributed by atoms with van der Waals surface area (Å²) in [4.78, 5) is 11.0. The number of nitrogens with two attached hydrogens (primary N) is 1. The Bertz CT molecular complexity index is 807. The maximum atomic E-state index is 14.2. The maximum absolute atomic E-state index is 14.2. The summed E-state index contributed by atoms with van der Waals surface area (Å²) in [6.07, 6.45) is -2.35. The van der Waals surface area contributed by atoms with Crippen molar-refractivity contribution in [2.75, 3.05) is 5.32 Å². The number of aromatic nitrogens is 2. The number of nitrogens with one attached hydrogen (secondary N) is 2. The van der Waals surface area contributed by atoms with E-state index in [4.69, 9.17) is 10.2 Å². The number of benzene rings is 1. The van der Waals surface area contributed by atoms with Crippen molar-refractivity contribution in [2.24, 2.45) is 5.73 Å². The number of aromatic amines is 1. The standard InChI is InChI=1S/C15H16F4N4O2/c16-10-5-7(13-22-23-14(24)25-13)6-11(12(10)15(17,18)19)21-9-3-1-8(20)2-4-9/h5-6,8-9,21H,1-4,20H2,(H,23,24). The van der Waals surface area contributed by atoms with Gasteiger partial charge >= 0.3 is 11.9 Å². The summed E-state index contributed by atoms with van der Waals surface area (Å²) in [6, 6.07) is 1.51. The van der Waals surface area contributed by atoms with Gasteiger partial charge < -0.3 is 15.5 Å². The summed E-state index contributed by atoms with van der Waals surface area (Å²) >= 11 is 0. The predicted octanol–water partition coefficient (Wildman–Crippen LogP) is 2.87. The van der Waals surface area contributed by atoms with Crippen molar-refractivity contribution in [3.63, 3.8) is 0 Å². The van der Waals surface area contributed by atoms with E-state index < -0.39 is 29.0 Å². The Labute approximate surface area is 139 Å². The summed E-state index contributed by atoms with van der Waals surface area (Å²) in [5.41, 5.74) is 3.93. The highest BCUT2D eigenvalue weighted by atomic mass is 19.4. The van der Waals surface area contributed by atoms with E-state index >= 15 is 0 Å². The van der Waals surface area contributed by atoms with E-state index in [9.17, 15) is 22.4 Å². The first kappa shape index (κ1) is 17.5. The van der Waals surface area contributed by atoms with Crippen LogP contribution in [0.15, 0.2) is 21.3 Å². The summed E-state index contributed by atoms with van der Waals surface area (Å²) in [5.74, 6) is -2.64. The van der Waals surface area contributed by atoms with Crippen LogP contribution in [0.1, 0.15) is 31.2 Å². The van der Waals surface area contributed by atoms with Crippen molar-refractivity contribution in [2.45, 2.75) is 43.9 Å². The first-order chi connectivity index (χ1) is 11.7. The molecule has 0 aliphatic heterocycles. The fraction of sp³-hybridized carbons (Fsp3) is 0.467. The van der Waals surface area contributed by atoms with Crippen LogP contribution < -0.4 is 16.8 Å². The highest BCUT2D eigenvalue weighted by Gasteiger charge is 2.38. The van der Waals surface area contributed by atoms with Crippen molar-refractivity contribution < 1.29 is 22.0 Å². The molecule has 25 heavy (non-hydrogen) atoms. The number of anilines is 1. The Balaban J connectivity index is 2.00. The van der Waals surface area contributed by atoms with Crippen LogP contribution >= 0.6 is 0 Å². The molecule has 0 saturated heterocycles. The number of H-pyrrole nitrogens is 1. The minimum atomic E-state index is -4.87. The van der Waals surface area contributed by atoms with Gasteiger partial charge in [0.25, 0.3) is 0 Å². The largest absolute Gasteiger partial charge is 0.434 e. The topological polar surface area (TPSA) is 96.9 Å². The van der Waals surface area contributed by atoms with Crippen LogP contribution in [0.5, 0.6) is 0 Å². The Morgan fingerprint density at radius 2 is 1.92 bits per heavy atom. The lowest BCUT2D eigenvalue weighted by molar-refractivity contribution is -0.139. The molecule has 0 spiro atoms. The van der Waals surface area contributed by atoms with Gasteiger partial charge in [-0.05, 0) is 37.8 Å². The van der Waals surface area contributed by atoms with Crippen LogP contribution in [-0.2, 0) is 6.18 Å². The summed E-state index contributed by atoms with van der Waals surface area (Å²) in [5, 5.41) is 8.27. The van der Waals surface area contributed by atoms with Gasteiger partial charge in [-0.1, -0.05) is 0 Å². The molecule has 1 aromatic carbocycles. The molecule has 0 atom stereocenters. The molecule has 10 heteroatoms. The van der Waals surface area contributed by atoms with Gasteiger partial charge in [0.2, 0.25) is 5.89 Å². The molecule has 0 unspecified atom stereocenters. The quantitative estimate of drug-likeness (QED) is 0.732. The zero-order valence-corrected chi connectivity index (χ0v) is 13.0. The van der Waals surface area contributed by atoms with Crippen LogP contribution in [0.25, 0.3) is 11.5 Å². The summed E-state index contributed by atoms with van der Waals surface area (Å²) < 4.78 is 58.7. The van der Waals surface area contributed by atoms with Crippen molar-refractivity contribution in [3.05, 3.63) is 34.1 Å². The van der Waals surface area contributed by atoms with Crippen LogP contribution in [0.4, 0.5) is 23.2 Å². The van der Waals surface area contributed by atoms with E-state index in [0.29, 0.717) is 31.7 Å². The second-order valence-corrected chi connectivity index (χ2v) is 6.05. The van der Waals surface area contributed by atoms with Gasteiger partial charge in [0.1, 0.15) is 11.4 Å². The monoisotopic (exact) mass is 360 g/mol. The number of halogens is 4. The molecule has 4 N–H and O–H groups in total. The number of hydrogen-bond donors (Lipinski definition) is 3. The van der Waals surface area contributed by atoms with Crippen molar-refractivity contribution >= 4 is 5.69 Å². The number of hydrogen-bond acceptors (Lipinski definition) is 5. The van der Waals surface area contributed by atoms with Crippen LogP contribution in [0.2, 0.25) is 0 Å². The Hall–Kier alpha value is -2.36. The van der Waals surface area contributed by atoms with Gasteiger partial charge in [-0.15, -0.1) is 5.10 Å². The van der Waals surface area contributed by atoms with Crippen LogP contribution in [0.3, 0.4) is 0 Å². The van der Waals surface area contributed by atoms with Gasteiger partial charge in [0, 0.05) is 17.6 Å². The van der Waals surface area contributed by atoms with E-state index in [0.717, 1.165) is 6.07 Å². The Kier molecular flexibility index (Phi) is 4.55. The normalized spacial score (nSPS) is 21.3. The SMILES string of the molecule is NC1CCC(Nc2cc(-c3n[nH]c(=O)o3)cc(F)c2C(F)(F)F)CC1. The molecule has 0 bridgehead atoms. The minimum absolute atomic E-state index is 0.0292.